The van der Waals surface area contributed by atoms with Crippen molar-refractivity contribution in [1.82, 2.24) is 0 Å². The monoisotopic (exact) mass is 1310 g/mol. The fourth-order valence-corrected chi connectivity index (χ4v) is 10.9. The molecule has 0 unspecified atom stereocenters. The third kappa shape index (κ3) is 8.34. The van der Waals surface area contributed by atoms with Crippen LogP contribution in [0.1, 0.15) is 16.7 Å². The largest absolute Gasteiger partial charge is 0.422 e. The maximum atomic E-state index is 15.8. The number of benzene rings is 7. The molecule has 0 saturated heterocycles. The van der Waals surface area contributed by atoms with E-state index in [9.17, 15) is 52.7 Å². The zero-order chi connectivity index (χ0) is 52.2. The van der Waals surface area contributed by atoms with E-state index in [1.165, 1.54) is 0 Å². The third-order valence-electron chi connectivity index (χ3n) is 10.8. The van der Waals surface area contributed by atoms with Gasteiger partial charge in [0.15, 0.2) is 75.6 Å². The zero-order valence-electron chi connectivity index (χ0n) is 33.7. The molecule has 7 aromatic rings. The van der Waals surface area contributed by atoms with Crippen LogP contribution in [0.25, 0.3) is 66.8 Å². The highest BCUT2D eigenvalue weighted by Crippen LogP contribution is 2.51. The lowest BCUT2D eigenvalue weighted by molar-refractivity contribution is -0.142. The molecule has 0 aromatic heterocycles. The summed E-state index contributed by atoms with van der Waals surface area (Å²) in [5.41, 5.74) is -15.1. The first-order valence-corrected chi connectivity index (χ1v) is 23.5. The normalized spacial score (nSPS) is 11.9. The van der Waals surface area contributed by atoms with Gasteiger partial charge in [-0.15, -0.1) is 0 Å². The lowest BCUT2D eigenvalue weighted by Crippen LogP contribution is -2.15. The molecular weight excluding hydrogens is 1300 g/mol. The molecule has 0 N–H and O–H groups in total. The average Bonchev–Trinajstić information content (AvgIpc) is 3.30. The second kappa shape index (κ2) is 19.0. The van der Waals surface area contributed by atoms with E-state index in [0.717, 1.165) is 38.1 Å². The van der Waals surface area contributed by atoms with Gasteiger partial charge in [-0.1, -0.05) is 73.0 Å². The van der Waals surface area contributed by atoms with Crippen LogP contribution < -0.4 is 0 Å². The highest BCUT2D eigenvalue weighted by Gasteiger charge is 2.42. The Morgan fingerprint density at radius 2 is 0.614 bits per heavy atom. The molecule has 0 aliphatic heterocycles. The SMILES string of the molecule is C=Ic1c(F)c(C(F)(F)F)c(F)c(C)c1-c1cc(Br)c(-c2cc(Br)c(-c3cc(-c4c(F)c(F)c(F)c(F)c4F)c(-c4c(F)c(F)c(F)c(F)c4F)cc3C)cc2Br)cc1-c1c(F)c(F)c(F)c(F)c1F. The summed E-state index contributed by atoms with van der Waals surface area (Å²) in [5.74, 6) is -43.0. The van der Waals surface area contributed by atoms with Gasteiger partial charge in [-0.05, 0) is 106 Å². The Hall–Kier alpha value is -4.82. The second-order valence-electron chi connectivity index (χ2n) is 14.7. The van der Waals surface area contributed by atoms with Crippen LogP contribution in [0.4, 0.5) is 87.8 Å². The van der Waals surface area contributed by atoms with E-state index in [1.807, 2.05) is 0 Å². The van der Waals surface area contributed by atoms with Gasteiger partial charge in [0, 0.05) is 19.0 Å². The Morgan fingerprint density at radius 3 is 0.957 bits per heavy atom. The molecule has 7 rings (SSSR count). The van der Waals surface area contributed by atoms with E-state index in [4.69, 9.17) is 0 Å². The lowest BCUT2D eigenvalue weighted by Gasteiger charge is -2.22. The standard InChI is InChI=1S/C46H14Br3F20I/c1-10-4-16(24-29(51)36(58)42(64)37(59)30(24)52)17(25-31(53)38(60)43(65)39(61)32(25)54)5-12(10)14-7-21(48)15(8-20(14)47)13-6-18(26-33(55)40(62)44(66)41(63)34(26)56)19(9-22(13)49)23-11(2)28(50)27(46(67,68)69)35(57)45(23)70-3/h4-9H,3H2,1-2H3. The van der Waals surface area contributed by atoms with Gasteiger partial charge in [-0.2, -0.15) is 13.2 Å². The van der Waals surface area contributed by atoms with E-state index in [0.29, 0.717) is 12.1 Å². The summed E-state index contributed by atoms with van der Waals surface area (Å²) >= 11 is 7.48. The highest BCUT2D eigenvalue weighted by molar-refractivity contribution is 14.2. The minimum atomic E-state index is -5.63. The van der Waals surface area contributed by atoms with Gasteiger partial charge in [-0.25, -0.2) is 74.6 Å². The van der Waals surface area contributed by atoms with Crippen LogP contribution in [0.3, 0.4) is 0 Å². The van der Waals surface area contributed by atoms with Crippen molar-refractivity contribution in [2.45, 2.75) is 20.0 Å². The maximum Gasteiger partial charge on any atom is 0.422 e. The summed E-state index contributed by atoms with van der Waals surface area (Å²) in [6, 6.07) is 4.97. The van der Waals surface area contributed by atoms with Crippen molar-refractivity contribution in [2.24, 2.45) is 0 Å². The Labute approximate surface area is 414 Å². The van der Waals surface area contributed by atoms with Crippen molar-refractivity contribution in [2.75, 3.05) is 0 Å². The summed E-state index contributed by atoms with van der Waals surface area (Å²) in [6.07, 6.45) is -5.63. The molecule has 0 spiro atoms. The Balaban J connectivity index is 1.55. The number of hydrogen-bond donors (Lipinski definition) is 0. The highest BCUT2D eigenvalue weighted by atomic mass is 127. The Bertz CT molecular complexity index is 3390. The van der Waals surface area contributed by atoms with Crippen LogP contribution in [0.5, 0.6) is 0 Å². The quantitative estimate of drug-likeness (QED) is 0.0646. The summed E-state index contributed by atoms with van der Waals surface area (Å²) in [7, 11) is 0. The first-order valence-electron chi connectivity index (χ1n) is 18.5. The van der Waals surface area contributed by atoms with Crippen molar-refractivity contribution in [3.8, 4) is 66.8 Å². The molecule has 0 nitrogen and oxygen atoms in total. The molecule has 0 atom stereocenters. The van der Waals surface area contributed by atoms with Gasteiger partial charge < -0.3 is 0 Å². The summed E-state index contributed by atoms with van der Waals surface area (Å²) < 4.78 is 299. The number of rotatable bonds is 7. The molecule has 0 radical (unpaired) electrons. The Morgan fingerprint density at radius 1 is 0.343 bits per heavy atom. The molecule has 7 aromatic carbocycles. The molecule has 0 aliphatic rings. The smallest absolute Gasteiger partial charge is 0.206 e. The van der Waals surface area contributed by atoms with Crippen molar-refractivity contribution in [3.05, 3.63) is 169 Å². The topological polar surface area (TPSA) is 0 Å². The first-order chi connectivity index (χ1) is 32.5. The maximum absolute atomic E-state index is 15.8. The van der Waals surface area contributed by atoms with E-state index in [2.05, 4.69) is 52.3 Å². The molecule has 366 valence electrons. The van der Waals surface area contributed by atoms with E-state index in [-0.39, 0.29) is 41.2 Å². The first kappa shape index (κ1) is 53.0. The molecule has 0 heterocycles. The molecule has 0 bridgehead atoms. The summed E-state index contributed by atoms with van der Waals surface area (Å²) in [4.78, 5) is 0. The molecule has 0 aliphatic carbocycles. The summed E-state index contributed by atoms with van der Waals surface area (Å²) in [5, 5.41) is 0. The van der Waals surface area contributed by atoms with Gasteiger partial charge in [0.2, 0.25) is 17.5 Å². The van der Waals surface area contributed by atoms with Crippen molar-refractivity contribution in [1.29, 1.82) is 0 Å². The van der Waals surface area contributed by atoms with Crippen LogP contribution in [0.15, 0.2) is 49.8 Å². The van der Waals surface area contributed by atoms with Crippen LogP contribution in [-0.4, -0.2) is 4.51 Å². The third-order valence-corrected chi connectivity index (χ3v) is 14.5. The lowest BCUT2D eigenvalue weighted by atomic mass is 9.86. The van der Waals surface area contributed by atoms with E-state index >= 15 is 35.1 Å². The summed E-state index contributed by atoms with van der Waals surface area (Å²) in [6.45, 7) is 1.85. The number of halogens is 24. The zero-order valence-corrected chi connectivity index (χ0v) is 40.7. The van der Waals surface area contributed by atoms with Crippen LogP contribution >= 0.6 is 68.5 Å². The van der Waals surface area contributed by atoms with Crippen LogP contribution in [-0.2, 0) is 6.18 Å². The molecule has 0 amide bonds. The van der Waals surface area contributed by atoms with Gasteiger partial charge in [-0.3, -0.25) is 0 Å². The van der Waals surface area contributed by atoms with Gasteiger partial charge >= 0.3 is 6.18 Å². The number of aryl methyl sites for hydroxylation is 1. The van der Waals surface area contributed by atoms with Gasteiger partial charge in [0.1, 0.15) is 11.4 Å². The number of alkyl halides is 3. The van der Waals surface area contributed by atoms with E-state index in [1.54, 1.807) is 0 Å². The fourth-order valence-electron chi connectivity index (χ4n) is 7.56. The molecule has 70 heavy (non-hydrogen) atoms. The average molecular weight is 1310 g/mol. The molecular formula is C46H14Br3F20I. The van der Waals surface area contributed by atoms with Gasteiger partial charge in [0.05, 0.1) is 20.3 Å². The molecule has 0 saturated carbocycles. The molecule has 24 heteroatoms. The Kier molecular flexibility index (Phi) is 14.4. The van der Waals surface area contributed by atoms with Gasteiger partial charge in [0.25, 0.3) is 0 Å². The second-order valence-corrected chi connectivity index (χ2v) is 19.1. The van der Waals surface area contributed by atoms with Crippen LogP contribution in [0.2, 0.25) is 0 Å². The van der Waals surface area contributed by atoms with E-state index < -0.39 is 185 Å². The minimum Gasteiger partial charge on any atom is -0.206 e. The van der Waals surface area contributed by atoms with Crippen LogP contribution in [0, 0.1) is 116 Å². The van der Waals surface area contributed by atoms with Crippen molar-refractivity contribution in [3.63, 3.8) is 0 Å². The predicted molar refractivity (Wildman–Crippen MR) is 236 cm³/mol. The van der Waals surface area contributed by atoms with Crippen molar-refractivity contribution < 1.29 is 87.8 Å². The molecule has 0 fully saturated rings. The fraction of sp³-hybridized carbons (Fsp3) is 0.0652. The number of hydrogen-bond acceptors (Lipinski definition) is 0. The predicted octanol–water partition coefficient (Wildman–Crippen LogP) is 18.5. The van der Waals surface area contributed by atoms with Crippen molar-refractivity contribution >= 4 is 73.0 Å². The minimum absolute atomic E-state index is 0.152.